The Kier molecular flexibility index (Phi) is 7.14. The number of hydrogen-bond donors (Lipinski definition) is 1. The second kappa shape index (κ2) is 8.10. The minimum Gasteiger partial charge on any atom is -0.314 e. The van der Waals surface area contributed by atoms with E-state index in [-0.39, 0.29) is 0 Å². The third-order valence-corrected chi connectivity index (χ3v) is 3.90. The fraction of sp³-hybridized carbons (Fsp3) is 1.00. The van der Waals surface area contributed by atoms with Crippen LogP contribution in [0.4, 0.5) is 0 Å². The van der Waals surface area contributed by atoms with Crippen molar-refractivity contribution >= 4 is 0 Å². The van der Waals surface area contributed by atoms with Gasteiger partial charge in [-0.15, -0.1) is 0 Å². The zero-order chi connectivity index (χ0) is 12.7. The number of rotatable bonds is 7. The summed E-state index contributed by atoms with van der Waals surface area (Å²) in [6.07, 6.45) is 6.79. The number of unbranched alkanes of at least 4 members (excludes halogenated alkanes) is 1. The Labute approximate surface area is 108 Å². The summed E-state index contributed by atoms with van der Waals surface area (Å²) in [7, 11) is 0. The van der Waals surface area contributed by atoms with Gasteiger partial charge in [0.2, 0.25) is 0 Å². The van der Waals surface area contributed by atoms with E-state index in [9.17, 15) is 0 Å². The summed E-state index contributed by atoms with van der Waals surface area (Å²) in [6, 6.07) is 1.51. The van der Waals surface area contributed by atoms with Gasteiger partial charge >= 0.3 is 0 Å². The Morgan fingerprint density at radius 3 is 2.24 bits per heavy atom. The molecule has 0 aromatic rings. The fourth-order valence-corrected chi connectivity index (χ4v) is 2.60. The van der Waals surface area contributed by atoms with Gasteiger partial charge in [0, 0.05) is 12.1 Å². The van der Waals surface area contributed by atoms with Crippen LogP contribution in [0.15, 0.2) is 0 Å². The maximum Gasteiger partial charge on any atom is 0.00914 e. The van der Waals surface area contributed by atoms with E-state index in [0.29, 0.717) is 0 Å². The molecule has 1 rings (SSSR count). The van der Waals surface area contributed by atoms with Crippen LogP contribution < -0.4 is 5.32 Å². The fourth-order valence-electron chi connectivity index (χ4n) is 2.60. The van der Waals surface area contributed by atoms with Crippen LogP contribution in [0.3, 0.4) is 0 Å². The lowest BCUT2D eigenvalue weighted by Crippen LogP contribution is -2.45. The highest BCUT2D eigenvalue weighted by Crippen LogP contribution is 2.13. The number of likely N-dealkylation sites (tertiary alicyclic amines) is 1. The molecule has 0 aliphatic carbocycles. The maximum atomic E-state index is 3.73. The third kappa shape index (κ3) is 6.42. The van der Waals surface area contributed by atoms with Crippen molar-refractivity contribution in [1.29, 1.82) is 0 Å². The molecule has 17 heavy (non-hydrogen) atoms. The molecule has 1 saturated heterocycles. The van der Waals surface area contributed by atoms with Crippen LogP contribution in [0, 0.1) is 5.92 Å². The second-order valence-corrected chi connectivity index (χ2v) is 6.25. The first-order chi connectivity index (χ1) is 8.09. The van der Waals surface area contributed by atoms with Gasteiger partial charge in [0.1, 0.15) is 0 Å². The van der Waals surface area contributed by atoms with Gasteiger partial charge < -0.3 is 10.2 Å². The standard InChI is InChI=1S/C15H32N2/c1-13(2)7-5-6-10-16-15-8-11-17(12-9-15)14(3)4/h13-16H,5-12H2,1-4H3. The first-order valence-corrected chi connectivity index (χ1v) is 7.57. The highest BCUT2D eigenvalue weighted by atomic mass is 15.2. The van der Waals surface area contributed by atoms with E-state index >= 15 is 0 Å². The zero-order valence-electron chi connectivity index (χ0n) is 12.3. The first-order valence-electron chi connectivity index (χ1n) is 7.57. The molecule has 0 spiro atoms. The van der Waals surface area contributed by atoms with Crippen molar-refractivity contribution in [2.24, 2.45) is 5.92 Å². The average molecular weight is 240 g/mol. The van der Waals surface area contributed by atoms with E-state index in [1.54, 1.807) is 0 Å². The molecule has 2 heteroatoms. The Morgan fingerprint density at radius 2 is 1.71 bits per heavy atom. The molecule has 0 aromatic carbocycles. The Hall–Kier alpha value is -0.0800. The molecule has 1 aliphatic rings. The largest absolute Gasteiger partial charge is 0.314 e. The monoisotopic (exact) mass is 240 g/mol. The molecule has 0 amide bonds. The van der Waals surface area contributed by atoms with Gasteiger partial charge in [-0.25, -0.2) is 0 Å². The van der Waals surface area contributed by atoms with Gasteiger partial charge in [-0.1, -0.05) is 26.7 Å². The molecule has 102 valence electrons. The van der Waals surface area contributed by atoms with Crippen molar-refractivity contribution < 1.29 is 0 Å². The van der Waals surface area contributed by atoms with E-state index in [4.69, 9.17) is 0 Å². The molecule has 0 atom stereocenters. The molecule has 1 fully saturated rings. The summed E-state index contributed by atoms with van der Waals surface area (Å²) >= 11 is 0. The predicted molar refractivity (Wildman–Crippen MR) is 76.4 cm³/mol. The first kappa shape index (κ1) is 15.0. The summed E-state index contributed by atoms with van der Waals surface area (Å²) in [4.78, 5) is 2.59. The molecule has 0 aromatic heterocycles. The number of nitrogens with zero attached hydrogens (tertiary/aromatic N) is 1. The number of piperidine rings is 1. The van der Waals surface area contributed by atoms with Crippen LogP contribution in [0.1, 0.15) is 59.8 Å². The summed E-state index contributed by atoms with van der Waals surface area (Å²) in [5.41, 5.74) is 0. The van der Waals surface area contributed by atoms with Crippen molar-refractivity contribution in [1.82, 2.24) is 10.2 Å². The van der Waals surface area contributed by atoms with Crippen molar-refractivity contribution in [3.63, 3.8) is 0 Å². The summed E-state index contributed by atoms with van der Waals surface area (Å²) in [5.74, 6) is 0.865. The molecule has 0 radical (unpaired) electrons. The van der Waals surface area contributed by atoms with Gasteiger partial charge in [-0.3, -0.25) is 0 Å². The van der Waals surface area contributed by atoms with Gasteiger partial charge in [0.05, 0.1) is 0 Å². The lowest BCUT2D eigenvalue weighted by atomic mass is 10.0. The van der Waals surface area contributed by atoms with Gasteiger partial charge in [0.25, 0.3) is 0 Å². The Balaban J connectivity index is 1.99. The van der Waals surface area contributed by atoms with Crippen LogP contribution in [-0.2, 0) is 0 Å². The van der Waals surface area contributed by atoms with Crippen LogP contribution in [0.5, 0.6) is 0 Å². The van der Waals surface area contributed by atoms with E-state index in [0.717, 1.165) is 18.0 Å². The number of hydrogen-bond acceptors (Lipinski definition) is 2. The topological polar surface area (TPSA) is 15.3 Å². The van der Waals surface area contributed by atoms with Crippen LogP contribution >= 0.6 is 0 Å². The van der Waals surface area contributed by atoms with Crippen molar-refractivity contribution in [3.8, 4) is 0 Å². The zero-order valence-corrected chi connectivity index (χ0v) is 12.3. The third-order valence-electron chi connectivity index (χ3n) is 3.90. The van der Waals surface area contributed by atoms with Crippen molar-refractivity contribution in [3.05, 3.63) is 0 Å². The maximum absolute atomic E-state index is 3.73. The highest BCUT2D eigenvalue weighted by molar-refractivity contribution is 4.78. The normalized spacial score (nSPS) is 19.4. The molecule has 0 unspecified atom stereocenters. The molecule has 0 bridgehead atoms. The molecule has 0 saturated carbocycles. The van der Waals surface area contributed by atoms with E-state index < -0.39 is 0 Å². The summed E-state index contributed by atoms with van der Waals surface area (Å²) in [5, 5.41) is 3.73. The van der Waals surface area contributed by atoms with Gasteiger partial charge in [-0.05, 0) is 58.7 Å². The Morgan fingerprint density at radius 1 is 1.06 bits per heavy atom. The molecule has 1 aliphatic heterocycles. The lowest BCUT2D eigenvalue weighted by molar-refractivity contribution is 0.161. The summed E-state index contributed by atoms with van der Waals surface area (Å²) < 4.78 is 0. The van der Waals surface area contributed by atoms with Gasteiger partial charge in [0.15, 0.2) is 0 Å². The van der Waals surface area contributed by atoms with Crippen molar-refractivity contribution in [2.45, 2.75) is 71.9 Å². The smallest absolute Gasteiger partial charge is 0.00914 e. The lowest BCUT2D eigenvalue weighted by Gasteiger charge is -2.35. The quantitative estimate of drug-likeness (QED) is 0.687. The molecular weight excluding hydrogens is 208 g/mol. The Bertz CT molecular complexity index is 181. The predicted octanol–water partition coefficient (Wildman–Crippen LogP) is 3.28. The highest BCUT2D eigenvalue weighted by Gasteiger charge is 2.19. The average Bonchev–Trinajstić information content (AvgIpc) is 2.29. The molecular formula is C15H32N2. The minimum atomic E-state index is 0.724. The van der Waals surface area contributed by atoms with E-state index in [2.05, 4.69) is 37.9 Å². The van der Waals surface area contributed by atoms with Crippen LogP contribution in [0.25, 0.3) is 0 Å². The van der Waals surface area contributed by atoms with Gasteiger partial charge in [-0.2, -0.15) is 0 Å². The molecule has 1 heterocycles. The van der Waals surface area contributed by atoms with Crippen LogP contribution in [-0.4, -0.2) is 36.6 Å². The van der Waals surface area contributed by atoms with E-state index in [1.165, 1.54) is 51.7 Å². The second-order valence-electron chi connectivity index (χ2n) is 6.25. The number of nitrogens with one attached hydrogen (secondary N) is 1. The molecule has 1 N–H and O–H groups in total. The molecule has 2 nitrogen and oxygen atoms in total. The van der Waals surface area contributed by atoms with Crippen molar-refractivity contribution in [2.75, 3.05) is 19.6 Å². The van der Waals surface area contributed by atoms with E-state index in [1.807, 2.05) is 0 Å². The SMILES string of the molecule is CC(C)CCCCNC1CCN(C(C)C)CC1. The summed E-state index contributed by atoms with van der Waals surface area (Å²) in [6.45, 7) is 13.0. The van der Waals surface area contributed by atoms with Crippen LogP contribution in [0.2, 0.25) is 0 Å². The minimum absolute atomic E-state index is 0.724.